The average molecular weight is 164 g/mol. The zero-order valence-electron chi connectivity index (χ0n) is 6.92. The van der Waals surface area contributed by atoms with E-state index in [1.807, 2.05) is 12.1 Å². The standard InChI is InChI=1S/C10H12O2/c11-6-4-8-2-1-3-10-9(8)5-7-12-10/h4-5,7,11H,1-3,6H2. The fourth-order valence-electron chi connectivity index (χ4n) is 1.72. The third-order valence-corrected chi connectivity index (χ3v) is 2.28. The quantitative estimate of drug-likeness (QED) is 0.688. The zero-order valence-corrected chi connectivity index (χ0v) is 6.92. The minimum absolute atomic E-state index is 0.125. The summed E-state index contributed by atoms with van der Waals surface area (Å²) < 4.78 is 5.31. The topological polar surface area (TPSA) is 33.4 Å². The van der Waals surface area contributed by atoms with Crippen molar-refractivity contribution in [1.82, 2.24) is 0 Å². The normalized spacial score (nSPS) is 19.6. The number of hydrogen-bond donors (Lipinski definition) is 1. The largest absolute Gasteiger partial charge is 0.469 e. The molecule has 1 N–H and O–H groups in total. The Hall–Kier alpha value is -1.02. The van der Waals surface area contributed by atoms with E-state index in [1.165, 1.54) is 11.1 Å². The lowest BCUT2D eigenvalue weighted by atomic mass is 9.93. The van der Waals surface area contributed by atoms with Crippen LogP contribution in [0.3, 0.4) is 0 Å². The maximum absolute atomic E-state index is 8.77. The predicted molar refractivity (Wildman–Crippen MR) is 46.7 cm³/mol. The summed E-state index contributed by atoms with van der Waals surface area (Å²) in [6, 6.07) is 1.98. The second kappa shape index (κ2) is 3.15. The molecule has 1 aromatic rings. The Morgan fingerprint density at radius 3 is 3.25 bits per heavy atom. The molecule has 0 bridgehead atoms. The Bertz CT molecular complexity index is 297. The Morgan fingerprint density at radius 1 is 1.50 bits per heavy atom. The average Bonchev–Trinajstić information content (AvgIpc) is 2.53. The number of fused-ring (bicyclic) bond motifs is 1. The molecule has 0 aliphatic heterocycles. The van der Waals surface area contributed by atoms with Crippen LogP contribution < -0.4 is 0 Å². The Kier molecular flexibility index (Phi) is 2.00. The van der Waals surface area contributed by atoms with Gasteiger partial charge in [0.1, 0.15) is 5.76 Å². The first-order valence-electron chi connectivity index (χ1n) is 4.28. The van der Waals surface area contributed by atoms with Crippen molar-refractivity contribution in [1.29, 1.82) is 0 Å². The van der Waals surface area contributed by atoms with Crippen LogP contribution in [-0.2, 0) is 6.42 Å². The van der Waals surface area contributed by atoms with Gasteiger partial charge in [0.15, 0.2) is 0 Å². The highest BCUT2D eigenvalue weighted by molar-refractivity contribution is 5.68. The molecule has 12 heavy (non-hydrogen) atoms. The van der Waals surface area contributed by atoms with Crippen molar-refractivity contribution < 1.29 is 9.52 Å². The molecule has 0 amide bonds. The first-order valence-corrected chi connectivity index (χ1v) is 4.28. The number of aliphatic hydroxyl groups excluding tert-OH is 1. The summed E-state index contributed by atoms with van der Waals surface area (Å²) in [7, 11) is 0. The smallest absolute Gasteiger partial charge is 0.111 e. The lowest BCUT2D eigenvalue weighted by Gasteiger charge is -2.12. The van der Waals surface area contributed by atoms with Crippen molar-refractivity contribution in [3.05, 3.63) is 29.7 Å². The molecule has 1 aliphatic carbocycles. The SMILES string of the molecule is OCC=C1CCCc2occc21. The van der Waals surface area contributed by atoms with Gasteiger partial charge in [-0.25, -0.2) is 0 Å². The number of allylic oxidation sites excluding steroid dienone is 1. The molecule has 1 aliphatic rings. The monoisotopic (exact) mass is 164 g/mol. The Morgan fingerprint density at radius 2 is 2.42 bits per heavy atom. The highest BCUT2D eigenvalue weighted by Crippen LogP contribution is 2.30. The van der Waals surface area contributed by atoms with Gasteiger partial charge < -0.3 is 9.52 Å². The van der Waals surface area contributed by atoms with Gasteiger partial charge in [-0.05, 0) is 24.5 Å². The molecule has 0 aromatic carbocycles. The van der Waals surface area contributed by atoms with Crippen molar-refractivity contribution in [3.8, 4) is 0 Å². The lowest BCUT2D eigenvalue weighted by Crippen LogP contribution is -1.98. The molecule has 1 heterocycles. The van der Waals surface area contributed by atoms with Crippen LogP contribution in [0.1, 0.15) is 24.2 Å². The molecule has 64 valence electrons. The van der Waals surface area contributed by atoms with Crippen LogP contribution in [0, 0.1) is 0 Å². The minimum Gasteiger partial charge on any atom is -0.469 e. The van der Waals surface area contributed by atoms with Crippen molar-refractivity contribution in [2.24, 2.45) is 0 Å². The van der Waals surface area contributed by atoms with Gasteiger partial charge in [-0.1, -0.05) is 6.08 Å². The summed E-state index contributed by atoms with van der Waals surface area (Å²) in [6.07, 6.45) is 6.82. The van der Waals surface area contributed by atoms with E-state index >= 15 is 0 Å². The Labute approximate surface area is 71.5 Å². The molecular formula is C10H12O2. The van der Waals surface area contributed by atoms with Crippen LogP contribution in [0.25, 0.3) is 5.57 Å². The molecule has 2 rings (SSSR count). The summed E-state index contributed by atoms with van der Waals surface area (Å²) in [5.41, 5.74) is 2.42. The molecule has 0 fully saturated rings. The first kappa shape index (κ1) is 7.62. The second-order valence-corrected chi connectivity index (χ2v) is 3.02. The van der Waals surface area contributed by atoms with E-state index in [-0.39, 0.29) is 6.61 Å². The van der Waals surface area contributed by atoms with Gasteiger partial charge in [-0.2, -0.15) is 0 Å². The third-order valence-electron chi connectivity index (χ3n) is 2.28. The van der Waals surface area contributed by atoms with Crippen molar-refractivity contribution in [2.45, 2.75) is 19.3 Å². The number of aliphatic hydroxyl groups is 1. The van der Waals surface area contributed by atoms with Gasteiger partial charge in [-0.3, -0.25) is 0 Å². The molecular weight excluding hydrogens is 152 g/mol. The van der Waals surface area contributed by atoms with Crippen molar-refractivity contribution in [2.75, 3.05) is 6.61 Å². The van der Waals surface area contributed by atoms with E-state index in [9.17, 15) is 0 Å². The predicted octanol–water partition coefficient (Wildman–Crippen LogP) is 1.99. The minimum atomic E-state index is 0.125. The van der Waals surface area contributed by atoms with Gasteiger partial charge in [0, 0.05) is 12.0 Å². The summed E-state index contributed by atoms with van der Waals surface area (Å²) in [5.74, 6) is 1.07. The number of rotatable bonds is 1. The summed E-state index contributed by atoms with van der Waals surface area (Å²) >= 11 is 0. The van der Waals surface area contributed by atoms with Gasteiger partial charge in [0.25, 0.3) is 0 Å². The zero-order chi connectivity index (χ0) is 8.39. The molecule has 0 spiro atoms. The highest BCUT2D eigenvalue weighted by atomic mass is 16.3. The van der Waals surface area contributed by atoms with Crippen LogP contribution >= 0.6 is 0 Å². The van der Waals surface area contributed by atoms with Crippen molar-refractivity contribution >= 4 is 5.57 Å². The van der Waals surface area contributed by atoms with Crippen LogP contribution in [0.5, 0.6) is 0 Å². The lowest BCUT2D eigenvalue weighted by molar-refractivity contribution is 0.343. The molecule has 2 heteroatoms. The van der Waals surface area contributed by atoms with Crippen LogP contribution in [0.2, 0.25) is 0 Å². The van der Waals surface area contributed by atoms with E-state index in [2.05, 4.69) is 0 Å². The van der Waals surface area contributed by atoms with Gasteiger partial charge in [0.05, 0.1) is 12.9 Å². The molecule has 0 saturated heterocycles. The Balaban J connectivity index is 2.38. The van der Waals surface area contributed by atoms with Crippen LogP contribution in [0.4, 0.5) is 0 Å². The number of furan rings is 1. The van der Waals surface area contributed by atoms with E-state index < -0.39 is 0 Å². The summed E-state index contributed by atoms with van der Waals surface area (Å²) in [5, 5.41) is 8.77. The van der Waals surface area contributed by atoms with E-state index in [1.54, 1.807) is 6.26 Å². The molecule has 0 saturated carbocycles. The van der Waals surface area contributed by atoms with Gasteiger partial charge in [0.2, 0.25) is 0 Å². The summed E-state index contributed by atoms with van der Waals surface area (Å²) in [6.45, 7) is 0.125. The first-order chi connectivity index (χ1) is 5.92. The van der Waals surface area contributed by atoms with E-state index in [4.69, 9.17) is 9.52 Å². The maximum Gasteiger partial charge on any atom is 0.111 e. The molecule has 1 aromatic heterocycles. The molecule has 0 atom stereocenters. The van der Waals surface area contributed by atoms with Crippen molar-refractivity contribution in [3.63, 3.8) is 0 Å². The second-order valence-electron chi connectivity index (χ2n) is 3.02. The van der Waals surface area contributed by atoms with E-state index in [0.29, 0.717) is 0 Å². The van der Waals surface area contributed by atoms with Crippen LogP contribution in [-0.4, -0.2) is 11.7 Å². The fraction of sp³-hybridized carbons (Fsp3) is 0.400. The highest BCUT2D eigenvalue weighted by Gasteiger charge is 2.15. The number of hydrogen-bond acceptors (Lipinski definition) is 2. The molecule has 0 radical (unpaired) electrons. The molecule has 2 nitrogen and oxygen atoms in total. The fourth-order valence-corrected chi connectivity index (χ4v) is 1.72. The van der Waals surface area contributed by atoms with Crippen LogP contribution in [0.15, 0.2) is 22.8 Å². The van der Waals surface area contributed by atoms with Gasteiger partial charge in [-0.15, -0.1) is 0 Å². The third kappa shape index (κ3) is 1.18. The van der Waals surface area contributed by atoms with Gasteiger partial charge >= 0.3 is 0 Å². The summed E-state index contributed by atoms with van der Waals surface area (Å²) in [4.78, 5) is 0. The maximum atomic E-state index is 8.77. The number of aryl methyl sites for hydroxylation is 1. The van der Waals surface area contributed by atoms with E-state index in [0.717, 1.165) is 25.0 Å². The molecule has 0 unspecified atom stereocenters.